The van der Waals surface area contributed by atoms with E-state index < -0.39 is 0 Å². The molecule has 0 aromatic carbocycles. The predicted octanol–water partition coefficient (Wildman–Crippen LogP) is 1.31. The molecular weight excluding hydrogens is 110 g/mol. The van der Waals surface area contributed by atoms with E-state index >= 15 is 0 Å². The summed E-state index contributed by atoms with van der Waals surface area (Å²) in [4.78, 5) is 0. The normalized spacial score (nSPS) is 40.9. The Labute approximate surface area is 56.1 Å². The summed E-state index contributed by atoms with van der Waals surface area (Å²) in [7, 11) is 0. The molecule has 1 heterocycles. The van der Waals surface area contributed by atoms with Gasteiger partial charge >= 0.3 is 0 Å². The zero-order valence-electron chi connectivity index (χ0n) is 5.64. The second-order valence-corrected chi connectivity index (χ2v) is 3.02. The van der Waals surface area contributed by atoms with Gasteiger partial charge in [0.2, 0.25) is 0 Å². The van der Waals surface area contributed by atoms with Gasteiger partial charge in [-0.2, -0.15) is 0 Å². The molecule has 1 aliphatic carbocycles. The first-order valence-electron chi connectivity index (χ1n) is 3.87. The zero-order valence-corrected chi connectivity index (χ0v) is 5.64. The molecule has 1 nitrogen and oxygen atoms in total. The molecule has 1 heteroatoms. The fraction of sp³-hybridized carbons (Fsp3) is 0.750. The van der Waals surface area contributed by atoms with Crippen molar-refractivity contribution in [1.29, 1.82) is 0 Å². The molecule has 1 aliphatic heterocycles. The second kappa shape index (κ2) is 2.14. The molecule has 0 amide bonds. The smallest absolute Gasteiger partial charge is 0.0133 e. The van der Waals surface area contributed by atoms with E-state index in [0.29, 0.717) is 0 Å². The zero-order chi connectivity index (χ0) is 6.10. The van der Waals surface area contributed by atoms with Gasteiger partial charge in [-0.3, -0.25) is 0 Å². The molecule has 2 atom stereocenters. The van der Waals surface area contributed by atoms with Gasteiger partial charge in [-0.25, -0.2) is 0 Å². The average Bonchev–Trinajstić information content (AvgIpc) is 2.33. The molecular formula is C8H13N. The van der Waals surface area contributed by atoms with E-state index in [1.807, 2.05) is 0 Å². The topological polar surface area (TPSA) is 12.0 Å². The average molecular weight is 123 g/mol. The van der Waals surface area contributed by atoms with E-state index in [4.69, 9.17) is 0 Å². The molecule has 2 rings (SSSR count). The molecule has 0 bridgehead atoms. The Hall–Kier alpha value is -0.300. The van der Waals surface area contributed by atoms with Crippen molar-refractivity contribution in [3.05, 3.63) is 12.2 Å². The van der Waals surface area contributed by atoms with Crippen LogP contribution < -0.4 is 5.32 Å². The van der Waals surface area contributed by atoms with Crippen LogP contribution in [0.2, 0.25) is 0 Å². The summed E-state index contributed by atoms with van der Waals surface area (Å²) in [6, 6.07) is 0.829. The molecule has 9 heavy (non-hydrogen) atoms. The number of nitrogens with one attached hydrogen (secondary N) is 1. The third kappa shape index (κ3) is 0.897. The monoisotopic (exact) mass is 123 g/mol. The number of rotatable bonds is 0. The standard InChI is InChI=1S/C8H13N/c1-2-4-8-7(3-1)5-6-9-8/h1,3,7-9H,2,4-6H2. The number of fused-ring (bicyclic) bond motifs is 1. The van der Waals surface area contributed by atoms with Crippen molar-refractivity contribution in [1.82, 2.24) is 5.32 Å². The maximum absolute atomic E-state index is 3.51. The first-order chi connectivity index (χ1) is 4.47. The summed E-state index contributed by atoms with van der Waals surface area (Å²) in [5.74, 6) is 0.874. The highest BCUT2D eigenvalue weighted by Crippen LogP contribution is 2.24. The SMILES string of the molecule is C1=CC2CCNC2CC1. The van der Waals surface area contributed by atoms with Gasteiger partial charge in [-0.1, -0.05) is 12.2 Å². The summed E-state index contributed by atoms with van der Waals surface area (Å²) in [5, 5.41) is 3.51. The lowest BCUT2D eigenvalue weighted by molar-refractivity contribution is 0.473. The van der Waals surface area contributed by atoms with Gasteiger partial charge in [-0.15, -0.1) is 0 Å². The Bertz CT molecular complexity index is 129. The minimum atomic E-state index is 0.829. The maximum atomic E-state index is 3.51. The lowest BCUT2D eigenvalue weighted by atomic mass is 9.92. The van der Waals surface area contributed by atoms with Crippen molar-refractivity contribution in [3.63, 3.8) is 0 Å². The number of hydrogen-bond donors (Lipinski definition) is 1. The van der Waals surface area contributed by atoms with Crippen LogP contribution in [-0.2, 0) is 0 Å². The summed E-state index contributed by atoms with van der Waals surface area (Å²) >= 11 is 0. The predicted molar refractivity (Wildman–Crippen MR) is 38.3 cm³/mol. The van der Waals surface area contributed by atoms with Crippen molar-refractivity contribution in [2.24, 2.45) is 5.92 Å². The van der Waals surface area contributed by atoms with Crippen molar-refractivity contribution in [3.8, 4) is 0 Å². The molecule has 0 spiro atoms. The highest BCUT2D eigenvalue weighted by atomic mass is 14.9. The molecule has 2 aliphatic rings. The van der Waals surface area contributed by atoms with Gasteiger partial charge in [-0.05, 0) is 31.7 Å². The van der Waals surface area contributed by atoms with Crippen LogP contribution in [0.25, 0.3) is 0 Å². The molecule has 2 unspecified atom stereocenters. The quantitative estimate of drug-likeness (QED) is 0.479. The second-order valence-electron chi connectivity index (χ2n) is 3.02. The van der Waals surface area contributed by atoms with Crippen LogP contribution in [0.3, 0.4) is 0 Å². The van der Waals surface area contributed by atoms with Crippen molar-refractivity contribution in [2.45, 2.75) is 25.3 Å². The van der Waals surface area contributed by atoms with E-state index in [9.17, 15) is 0 Å². The van der Waals surface area contributed by atoms with Gasteiger partial charge in [0, 0.05) is 6.04 Å². The Balaban J connectivity index is 2.10. The van der Waals surface area contributed by atoms with Crippen LogP contribution in [0.15, 0.2) is 12.2 Å². The molecule has 1 fully saturated rings. The van der Waals surface area contributed by atoms with Crippen molar-refractivity contribution < 1.29 is 0 Å². The molecule has 0 saturated carbocycles. The molecule has 0 aromatic rings. The fourth-order valence-corrected chi connectivity index (χ4v) is 1.88. The lowest BCUT2D eigenvalue weighted by Crippen LogP contribution is -2.27. The fourth-order valence-electron chi connectivity index (χ4n) is 1.88. The number of hydrogen-bond acceptors (Lipinski definition) is 1. The third-order valence-corrected chi connectivity index (χ3v) is 2.43. The van der Waals surface area contributed by atoms with Gasteiger partial charge < -0.3 is 5.32 Å². The van der Waals surface area contributed by atoms with E-state index in [-0.39, 0.29) is 0 Å². The third-order valence-electron chi connectivity index (χ3n) is 2.43. The van der Waals surface area contributed by atoms with Crippen molar-refractivity contribution in [2.75, 3.05) is 6.54 Å². The van der Waals surface area contributed by atoms with Gasteiger partial charge in [0.25, 0.3) is 0 Å². The van der Waals surface area contributed by atoms with Crippen LogP contribution in [0, 0.1) is 5.92 Å². The Morgan fingerprint density at radius 1 is 1.33 bits per heavy atom. The minimum Gasteiger partial charge on any atom is -0.313 e. The first kappa shape index (κ1) is 5.48. The largest absolute Gasteiger partial charge is 0.313 e. The summed E-state index contributed by atoms with van der Waals surface area (Å²) in [6.45, 7) is 1.24. The van der Waals surface area contributed by atoms with Crippen LogP contribution in [0.5, 0.6) is 0 Å². The molecule has 1 N–H and O–H groups in total. The summed E-state index contributed by atoms with van der Waals surface area (Å²) < 4.78 is 0. The lowest BCUT2D eigenvalue weighted by Gasteiger charge is -2.18. The molecule has 50 valence electrons. The van der Waals surface area contributed by atoms with Crippen molar-refractivity contribution >= 4 is 0 Å². The Kier molecular flexibility index (Phi) is 1.31. The van der Waals surface area contributed by atoms with Gasteiger partial charge in [0.15, 0.2) is 0 Å². The molecule has 1 saturated heterocycles. The van der Waals surface area contributed by atoms with E-state index in [1.165, 1.54) is 25.8 Å². The first-order valence-corrected chi connectivity index (χ1v) is 3.87. The summed E-state index contributed by atoms with van der Waals surface area (Å²) in [6.07, 6.45) is 8.72. The molecule has 0 aromatic heterocycles. The minimum absolute atomic E-state index is 0.829. The van der Waals surface area contributed by atoms with Gasteiger partial charge in [0.05, 0.1) is 0 Å². The van der Waals surface area contributed by atoms with E-state index in [1.54, 1.807) is 0 Å². The number of allylic oxidation sites excluding steroid dienone is 1. The van der Waals surface area contributed by atoms with Crippen LogP contribution in [0.1, 0.15) is 19.3 Å². The van der Waals surface area contributed by atoms with Crippen LogP contribution in [0.4, 0.5) is 0 Å². The Morgan fingerprint density at radius 3 is 3.22 bits per heavy atom. The maximum Gasteiger partial charge on any atom is 0.0133 e. The summed E-state index contributed by atoms with van der Waals surface area (Å²) in [5.41, 5.74) is 0. The van der Waals surface area contributed by atoms with Crippen LogP contribution in [-0.4, -0.2) is 12.6 Å². The van der Waals surface area contributed by atoms with Gasteiger partial charge in [0.1, 0.15) is 0 Å². The highest BCUT2D eigenvalue weighted by Gasteiger charge is 2.25. The van der Waals surface area contributed by atoms with E-state index in [0.717, 1.165) is 12.0 Å². The Morgan fingerprint density at radius 2 is 2.33 bits per heavy atom. The van der Waals surface area contributed by atoms with Crippen LogP contribution >= 0.6 is 0 Å². The highest BCUT2D eigenvalue weighted by molar-refractivity contribution is 5.03. The van der Waals surface area contributed by atoms with E-state index in [2.05, 4.69) is 17.5 Å². The molecule has 0 radical (unpaired) electrons.